The second kappa shape index (κ2) is 8.00. The van der Waals surface area contributed by atoms with Gasteiger partial charge >= 0.3 is 0 Å². The highest BCUT2D eigenvalue weighted by Gasteiger charge is 2.00. The quantitative estimate of drug-likeness (QED) is 0.829. The first-order valence-electron chi connectivity index (χ1n) is 5.87. The monoisotopic (exact) mass is 260 g/mol. The van der Waals surface area contributed by atoms with Gasteiger partial charge in [-0.1, -0.05) is 24.3 Å². The average molecular weight is 260 g/mol. The van der Waals surface area contributed by atoms with E-state index < -0.39 is 6.67 Å². The highest BCUT2D eigenvalue weighted by molar-refractivity contribution is 5.85. The Hall–Kier alpha value is -2.20. The molecular weight excluding hydrogens is 243 g/mol. The lowest BCUT2D eigenvalue weighted by Crippen LogP contribution is -1.94. The van der Waals surface area contributed by atoms with Crippen molar-refractivity contribution in [2.75, 3.05) is 12.4 Å². The molecule has 0 saturated carbocycles. The van der Waals surface area contributed by atoms with Gasteiger partial charge < -0.3 is 11.1 Å². The smallest absolute Gasteiger partial charge is 0.152 e. The number of hydrogen-bond acceptors (Lipinski definition) is 3. The van der Waals surface area contributed by atoms with Gasteiger partial charge in [0.1, 0.15) is 6.67 Å². The van der Waals surface area contributed by atoms with Crippen molar-refractivity contribution in [2.24, 2.45) is 5.73 Å². The van der Waals surface area contributed by atoms with E-state index in [1.807, 2.05) is 12.1 Å². The number of nitrogens with two attached hydrogens (primary N) is 1. The van der Waals surface area contributed by atoms with Gasteiger partial charge in [-0.05, 0) is 36.9 Å². The number of halogens is 1. The van der Waals surface area contributed by atoms with E-state index in [9.17, 15) is 9.18 Å². The minimum Gasteiger partial charge on any atom is -0.355 e. The molecule has 3 N–H and O–H groups in total. The van der Waals surface area contributed by atoms with Crippen molar-refractivity contribution >= 4 is 17.7 Å². The Balaban J connectivity index is 0.000000861. The summed E-state index contributed by atoms with van der Waals surface area (Å²) in [5.41, 5.74) is 7.31. The number of hydrogen-bond donors (Lipinski definition) is 2. The Morgan fingerprint density at radius 2 is 1.74 bits per heavy atom. The van der Waals surface area contributed by atoms with Crippen LogP contribution in [-0.2, 0) is 6.67 Å². The normalized spacial score (nSPS) is 9.21. The SMILES string of the molecule is CN.O=Cc1ccccc1Nc1ccc(CF)cc1. The Labute approximate surface area is 112 Å². The summed E-state index contributed by atoms with van der Waals surface area (Å²) in [6, 6.07) is 14.2. The molecular formula is C15H17FN2O. The number of para-hydroxylation sites is 1. The molecule has 0 heterocycles. The van der Waals surface area contributed by atoms with Crippen LogP contribution in [0.4, 0.5) is 15.8 Å². The van der Waals surface area contributed by atoms with Crippen molar-refractivity contribution in [1.82, 2.24) is 0 Å². The molecule has 0 fully saturated rings. The molecule has 4 heteroatoms. The van der Waals surface area contributed by atoms with Crippen molar-refractivity contribution in [3.63, 3.8) is 0 Å². The van der Waals surface area contributed by atoms with Crippen LogP contribution in [-0.4, -0.2) is 13.3 Å². The molecule has 0 aliphatic heterocycles. The van der Waals surface area contributed by atoms with Crippen molar-refractivity contribution in [2.45, 2.75) is 6.67 Å². The van der Waals surface area contributed by atoms with Crippen LogP contribution in [0, 0.1) is 0 Å². The molecule has 0 unspecified atom stereocenters. The molecule has 0 radical (unpaired) electrons. The van der Waals surface area contributed by atoms with E-state index in [2.05, 4.69) is 11.1 Å². The molecule has 100 valence electrons. The zero-order chi connectivity index (χ0) is 14.1. The van der Waals surface area contributed by atoms with E-state index >= 15 is 0 Å². The lowest BCUT2D eigenvalue weighted by atomic mass is 10.1. The molecule has 0 aromatic heterocycles. The average Bonchev–Trinajstić information content (AvgIpc) is 2.50. The molecule has 0 atom stereocenters. The molecule has 2 aromatic rings. The molecule has 0 aliphatic carbocycles. The maximum absolute atomic E-state index is 12.3. The van der Waals surface area contributed by atoms with Crippen molar-refractivity contribution in [3.8, 4) is 0 Å². The lowest BCUT2D eigenvalue weighted by Gasteiger charge is -2.08. The van der Waals surface area contributed by atoms with Gasteiger partial charge in [0.25, 0.3) is 0 Å². The van der Waals surface area contributed by atoms with Gasteiger partial charge in [-0.2, -0.15) is 0 Å². The van der Waals surface area contributed by atoms with Crippen LogP contribution in [0.25, 0.3) is 0 Å². The van der Waals surface area contributed by atoms with Gasteiger partial charge in [-0.25, -0.2) is 4.39 Å². The molecule has 2 aromatic carbocycles. The summed E-state index contributed by atoms with van der Waals surface area (Å²) < 4.78 is 12.3. The predicted molar refractivity (Wildman–Crippen MR) is 76.5 cm³/mol. The Bertz CT molecular complexity index is 512. The number of carbonyl (C=O) groups is 1. The van der Waals surface area contributed by atoms with Gasteiger partial charge in [0.2, 0.25) is 0 Å². The number of nitrogens with one attached hydrogen (secondary N) is 1. The van der Waals surface area contributed by atoms with Crippen LogP contribution in [0.1, 0.15) is 15.9 Å². The van der Waals surface area contributed by atoms with E-state index in [0.717, 1.165) is 17.7 Å². The number of rotatable bonds is 4. The first-order valence-corrected chi connectivity index (χ1v) is 5.87. The fourth-order valence-electron chi connectivity index (χ4n) is 1.55. The zero-order valence-electron chi connectivity index (χ0n) is 10.8. The number of anilines is 2. The van der Waals surface area contributed by atoms with Gasteiger partial charge in [-0.15, -0.1) is 0 Å². The molecule has 0 bridgehead atoms. The third-order valence-electron chi connectivity index (χ3n) is 2.48. The molecule has 19 heavy (non-hydrogen) atoms. The van der Waals surface area contributed by atoms with Crippen molar-refractivity contribution in [3.05, 3.63) is 59.7 Å². The maximum atomic E-state index is 12.3. The fraction of sp³-hybridized carbons (Fsp3) is 0.133. The highest BCUT2D eigenvalue weighted by atomic mass is 19.1. The first kappa shape index (κ1) is 14.9. The summed E-state index contributed by atoms with van der Waals surface area (Å²) in [5.74, 6) is 0. The van der Waals surface area contributed by atoms with Crippen LogP contribution in [0.5, 0.6) is 0 Å². The van der Waals surface area contributed by atoms with Crippen LogP contribution >= 0.6 is 0 Å². The predicted octanol–water partition coefficient (Wildman–Crippen LogP) is 3.29. The highest BCUT2D eigenvalue weighted by Crippen LogP contribution is 2.20. The molecule has 0 aliphatic rings. The van der Waals surface area contributed by atoms with Crippen LogP contribution < -0.4 is 11.1 Å². The first-order chi connectivity index (χ1) is 9.33. The standard InChI is InChI=1S/C14H12FNO.CH5N/c15-9-11-5-7-13(8-6-11)16-14-4-2-1-3-12(14)10-17;1-2/h1-8,10,16H,9H2;2H2,1H3. The van der Waals surface area contributed by atoms with Gasteiger partial charge in [0.05, 0.1) is 0 Å². The Morgan fingerprint density at radius 1 is 1.11 bits per heavy atom. The molecule has 0 amide bonds. The Morgan fingerprint density at radius 3 is 2.32 bits per heavy atom. The van der Waals surface area contributed by atoms with Crippen LogP contribution in [0.15, 0.2) is 48.5 Å². The summed E-state index contributed by atoms with van der Waals surface area (Å²) in [6.07, 6.45) is 0.804. The molecule has 0 saturated heterocycles. The van der Waals surface area contributed by atoms with Gasteiger partial charge in [0.15, 0.2) is 6.29 Å². The van der Waals surface area contributed by atoms with Crippen LogP contribution in [0.3, 0.4) is 0 Å². The topological polar surface area (TPSA) is 55.1 Å². The van der Waals surface area contributed by atoms with E-state index in [1.54, 1.807) is 36.4 Å². The minimum absolute atomic E-state index is 0.467. The maximum Gasteiger partial charge on any atom is 0.152 e. The van der Waals surface area contributed by atoms with Crippen LogP contribution in [0.2, 0.25) is 0 Å². The summed E-state index contributed by atoms with van der Waals surface area (Å²) >= 11 is 0. The second-order valence-electron chi connectivity index (χ2n) is 3.66. The second-order valence-corrected chi connectivity index (χ2v) is 3.66. The van der Waals surface area contributed by atoms with E-state index in [4.69, 9.17) is 0 Å². The summed E-state index contributed by atoms with van der Waals surface area (Å²) in [6.45, 7) is -0.467. The zero-order valence-corrected chi connectivity index (χ0v) is 10.8. The summed E-state index contributed by atoms with van der Waals surface area (Å²) in [7, 11) is 1.50. The van der Waals surface area contributed by atoms with E-state index in [1.165, 1.54) is 7.05 Å². The Kier molecular flexibility index (Phi) is 6.26. The third-order valence-corrected chi connectivity index (χ3v) is 2.48. The van der Waals surface area contributed by atoms with Crippen molar-refractivity contribution in [1.29, 1.82) is 0 Å². The molecule has 2 rings (SSSR count). The minimum atomic E-state index is -0.467. The van der Waals surface area contributed by atoms with E-state index in [-0.39, 0.29) is 0 Å². The lowest BCUT2D eigenvalue weighted by molar-refractivity contribution is 0.112. The fourth-order valence-corrected chi connectivity index (χ4v) is 1.55. The largest absolute Gasteiger partial charge is 0.355 e. The van der Waals surface area contributed by atoms with E-state index in [0.29, 0.717) is 11.1 Å². The summed E-state index contributed by atoms with van der Waals surface area (Å²) in [4.78, 5) is 10.8. The number of carbonyl (C=O) groups excluding carboxylic acids is 1. The third kappa shape index (κ3) is 4.19. The van der Waals surface area contributed by atoms with Gasteiger partial charge in [-0.3, -0.25) is 4.79 Å². The number of aldehydes is 1. The number of alkyl halides is 1. The van der Waals surface area contributed by atoms with Gasteiger partial charge in [0, 0.05) is 16.9 Å². The van der Waals surface area contributed by atoms with Crippen molar-refractivity contribution < 1.29 is 9.18 Å². The number of benzene rings is 2. The molecule has 3 nitrogen and oxygen atoms in total. The summed E-state index contributed by atoms with van der Waals surface area (Å²) in [5, 5.41) is 3.12. The molecule has 0 spiro atoms.